The molecule has 156 valence electrons. The molecule has 1 heterocycles. The number of thiol groups is 1. The molecule has 0 aliphatic rings. The number of halogens is 1. The van der Waals surface area contributed by atoms with Gasteiger partial charge in [-0.2, -0.15) is 10.2 Å². The highest BCUT2D eigenvalue weighted by molar-refractivity contribution is 7.99. The van der Waals surface area contributed by atoms with Gasteiger partial charge < -0.3 is 14.6 Å². The molecule has 0 aliphatic carbocycles. The summed E-state index contributed by atoms with van der Waals surface area (Å²) in [4.78, 5) is 12.7. The highest BCUT2D eigenvalue weighted by Crippen LogP contribution is 2.28. The van der Waals surface area contributed by atoms with Gasteiger partial charge in [-0.25, -0.2) is 14.4 Å². The zero-order chi connectivity index (χ0) is 21.6. The minimum absolute atomic E-state index is 0.297. The van der Waals surface area contributed by atoms with Crippen LogP contribution in [0.2, 0.25) is 0 Å². The Morgan fingerprint density at radius 3 is 2.83 bits per heavy atom. The number of anilines is 2. The molecule has 1 aromatic heterocycles. The molecule has 3 aromatic rings. The van der Waals surface area contributed by atoms with Crippen LogP contribution in [0.15, 0.2) is 53.2 Å². The van der Waals surface area contributed by atoms with Crippen LogP contribution in [0.3, 0.4) is 0 Å². The Labute approximate surface area is 174 Å². The topological polar surface area (TPSA) is 116 Å². The second-order valence-corrected chi connectivity index (χ2v) is 9.26. The van der Waals surface area contributed by atoms with Crippen molar-refractivity contribution in [3.8, 4) is 23.3 Å². The van der Waals surface area contributed by atoms with E-state index in [1.165, 1.54) is 25.6 Å². The highest BCUT2D eigenvalue weighted by atomic mass is 32.3. The van der Waals surface area contributed by atoms with Crippen LogP contribution in [0.1, 0.15) is 12.5 Å². The van der Waals surface area contributed by atoms with Gasteiger partial charge in [0.2, 0.25) is 12.1 Å². The Morgan fingerprint density at radius 2 is 2.10 bits per heavy atom. The van der Waals surface area contributed by atoms with Crippen molar-refractivity contribution in [3.63, 3.8) is 0 Å². The first kappa shape index (κ1) is 21.3. The molecule has 3 rings (SSSR count). The predicted molar refractivity (Wildman–Crippen MR) is 115 cm³/mol. The van der Waals surface area contributed by atoms with Gasteiger partial charge in [-0.3, -0.25) is 0 Å². The van der Waals surface area contributed by atoms with Crippen LogP contribution in [-0.4, -0.2) is 32.4 Å². The number of benzene rings is 2. The van der Waals surface area contributed by atoms with E-state index in [1.54, 1.807) is 12.3 Å². The average molecular weight is 428 g/mol. The smallest absolute Gasteiger partial charge is 0.230 e. The van der Waals surface area contributed by atoms with Crippen LogP contribution in [0.5, 0.6) is 5.75 Å². The zero-order valence-electron chi connectivity index (χ0n) is 16.4. The number of hydrogen-bond donors (Lipinski definition) is 3. The summed E-state index contributed by atoms with van der Waals surface area (Å²) in [6, 6.07) is 11.5. The van der Waals surface area contributed by atoms with Crippen LogP contribution < -0.4 is 10.1 Å². The van der Waals surface area contributed by atoms with E-state index in [4.69, 9.17) is 10.00 Å². The first-order chi connectivity index (χ1) is 14.5. The van der Waals surface area contributed by atoms with Crippen molar-refractivity contribution in [2.24, 2.45) is 4.36 Å². The van der Waals surface area contributed by atoms with Crippen LogP contribution in [0.4, 0.5) is 16.0 Å². The average Bonchev–Trinajstić information content (AvgIpc) is 2.74. The Kier molecular flexibility index (Phi) is 6.66. The molecule has 0 saturated heterocycles. The van der Waals surface area contributed by atoms with Crippen molar-refractivity contribution in [2.45, 2.75) is 12.7 Å². The fourth-order valence-corrected chi connectivity index (χ4v) is 4.19. The molecule has 0 atom stereocenters. The Balaban J connectivity index is 1.86. The van der Waals surface area contributed by atoms with E-state index < -0.39 is 15.9 Å². The molecular formula is C20H21FN6O2S. The van der Waals surface area contributed by atoms with Gasteiger partial charge in [0.1, 0.15) is 17.9 Å². The maximum absolute atomic E-state index is 13.5. The molecule has 0 spiro atoms. The van der Waals surface area contributed by atoms with Gasteiger partial charge in [0, 0.05) is 23.3 Å². The van der Waals surface area contributed by atoms with Crippen molar-refractivity contribution >= 4 is 21.7 Å². The molecule has 0 unspecified atom stereocenters. The van der Waals surface area contributed by atoms with Crippen molar-refractivity contribution in [3.05, 3.63) is 60.2 Å². The van der Waals surface area contributed by atoms with E-state index in [-0.39, 0.29) is 0 Å². The number of nitrogens with one attached hydrogen (secondary N) is 1. The maximum Gasteiger partial charge on any atom is 0.230 e. The molecule has 0 fully saturated rings. The SMILES string of the molecule is CC[SH](O)(Cc1cccc(Nc2ncnc(-c3ccc(F)cc3OC)n2)c1)=NC#N. The van der Waals surface area contributed by atoms with Gasteiger partial charge in [0.15, 0.2) is 5.82 Å². The van der Waals surface area contributed by atoms with E-state index in [0.717, 1.165) is 5.56 Å². The summed E-state index contributed by atoms with van der Waals surface area (Å²) in [5, 5.41) is 11.9. The lowest BCUT2D eigenvalue weighted by Gasteiger charge is -2.20. The van der Waals surface area contributed by atoms with Gasteiger partial charge in [-0.1, -0.05) is 29.2 Å². The van der Waals surface area contributed by atoms with Crippen molar-refractivity contribution in [1.82, 2.24) is 15.0 Å². The summed E-state index contributed by atoms with van der Waals surface area (Å²) in [5.74, 6) is 1.26. The highest BCUT2D eigenvalue weighted by Gasteiger charge is 2.12. The molecule has 30 heavy (non-hydrogen) atoms. The lowest BCUT2D eigenvalue weighted by atomic mass is 10.2. The quantitative estimate of drug-likeness (QED) is 0.385. The Morgan fingerprint density at radius 1 is 1.27 bits per heavy atom. The van der Waals surface area contributed by atoms with Crippen LogP contribution in [-0.2, 0) is 15.9 Å². The van der Waals surface area contributed by atoms with Gasteiger partial charge in [0.25, 0.3) is 0 Å². The van der Waals surface area contributed by atoms with Crippen LogP contribution in [0.25, 0.3) is 11.4 Å². The van der Waals surface area contributed by atoms with Crippen LogP contribution >= 0.6 is 0 Å². The first-order valence-corrected chi connectivity index (χ1v) is 11.1. The number of aromatic nitrogens is 3. The van der Waals surface area contributed by atoms with Crippen molar-refractivity contribution in [2.75, 3.05) is 18.2 Å². The van der Waals surface area contributed by atoms with E-state index in [9.17, 15) is 8.94 Å². The Bertz CT molecular complexity index is 1150. The fourth-order valence-electron chi connectivity index (χ4n) is 2.81. The zero-order valence-corrected chi connectivity index (χ0v) is 17.3. The summed E-state index contributed by atoms with van der Waals surface area (Å²) in [5.41, 5.74) is 2.08. The maximum atomic E-state index is 13.5. The van der Waals surface area contributed by atoms with Gasteiger partial charge in [0.05, 0.1) is 12.7 Å². The lowest BCUT2D eigenvalue weighted by molar-refractivity contribution is 0.412. The predicted octanol–water partition coefficient (Wildman–Crippen LogP) is 3.97. The summed E-state index contributed by atoms with van der Waals surface area (Å²) >= 11 is 0. The van der Waals surface area contributed by atoms with Crippen LogP contribution in [0, 0.1) is 17.3 Å². The molecule has 0 bridgehead atoms. The summed E-state index contributed by atoms with van der Waals surface area (Å²) < 4.78 is 32.9. The molecule has 0 amide bonds. The molecule has 2 aromatic carbocycles. The number of rotatable bonds is 7. The molecule has 0 aliphatic heterocycles. The second kappa shape index (κ2) is 9.39. The minimum Gasteiger partial charge on any atom is -0.496 e. The number of methoxy groups -OCH3 is 1. The number of ether oxygens (including phenoxy) is 1. The third-order valence-electron chi connectivity index (χ3n) is 4.33. The largest absolute Gasteiger partial charge is 0.496 e. The second-order valence-electron chi connectivity index (χ2n) is 6.36. The molecule has 2 N–H and O–H groups in total. The molecule has 10 heteroatoms. The monoisotopic (exact) mass is 428 g/mol. The first-order valence-electron chi connectivity index (χ1n) is 9.06. The normalized spacial score (nSPS) is 11.4. The number of nitriles is 1. The molecule has 0 radical (unpaired) electrons. The lowest BCUT2D eigenvalue weighted by Crippen LogP contribution is -2.15. The minimum atomic E-state index is -2.69. The molecule has 8 nitrogen and oxygen atoms in total. The van der Waals surface area contributed by atoms with Crippen molar-refractivity contribution in [1.29, 1.82) is 5.26 Å². The third-order valence-corrected chi connectivity index (χ3v) is 6.68. The number of nitrogens with zero attached hydrogens (tertiary/aromatic N) is 5. The van der Waals surface area contributed by atoms with E-state index >= 15 is 0 Å². The van der Waals surface area contributed by atoms with Crippen molar-refractivity contribution < 1.29 is 13.7 Å². The number of hydrogen-bond acceptors (Lipinski definition) is 7. The molecule has 0 saturated carbocycles. The van der Waals surface area contributed by atoms with E-state index in [1.807, 2.05) is 31.2 Å². The fraction of sp³-hybridized carbons (Fsp3) is 0.200. The summed E-state index contributed by atoms with van der Waals surface area (Å²) in [7, 11) is -1.24. The van der Waals surface area contributed by atoms with Gasteiger partial charge >= 0.3 is 0 Å². The molecular weight excluding hydrogens is 407 g/mol. The third kappa shape index (κ3) is 5.14. The summed E-state index contributed by atoms with van der Waals surface area (Å²) in [6.07, 6.45) is 3.07. The van der Waals surface area contributed by atoms with Gasteiger partial charge in [-0.05, 0) is 29.8 Å². The standard InChI is InChI=1S/C20H21FN6O2S/c1-3-30(28,25-12-22)11-14-5-4-6-16(9-14)26-20-24-13-23-19(27-20)17-8-7-15(21)10-18(17)29-2/h4-10,13,30H,3,11H2,1-2H3,(H,25,28)(H,23,24,26,27). The summed E-state index contributed by atoms with van der Waals surface area (Å²) in [6.45, 7) is 1.81. The van der Waals surface area contributed by atoms with E-state index in [2.05, 4.69) is 24.6 Å². The van der Waals surface area contributed by atoms with Gasteiger partial charge in [-0.15, -0.1) is 4.36 Å². The Hall–Kier alpha value is -3.42. The van der Waals surface area contributed by atoms with E-state index in [0.29, 0.717) is 40.3 Å².